The molecule has 0 aliphatic heterocycles. The van der Waals surface area contributed by atoms with Gasteiger partial charge in [0.25, 0.3) is 0 Å². The lowest BCUT2D eigenvalue weighted by Crippen LogP contribution is -2.32. The van der Waals surface area contributed by atoms with Gasteiger partial charge in [-0.2, -0.15) is 0 Å². The molecular weight excluding hydrogens is 190 g/mol. The maximum atomic E-state index is 10.6. The van der Waals surface area contributed by atoms with E-state index in [-0.39, 0.29) is 5.96 Å². The van der Waals surface area contributed by atoms with Crippen LogP contribution in [0.25, 0.3) is 0 Å². The Morgan fingerprint density at radius 2 is 2.23 bits per heavy atom. The third-order valence-electron chi connectivity index (χ3n) is 1.41. The molecule has 0 aromatic rings. The summed E-state index contributed by atoms with van der Waals surface area (Å²) >= 11 is 1.40. The monoisotopic (exact) mass is 205 g/mol. The zero-order valence-corrected chi connectivity index (χ0v) is 8.57. The van der Waals surface area contributed by atoms with Gasteiger partial charge in [0.1, 0.15) is 0 Å². The van der Waals surface area contributed by atoms with Crippen molar-refractivity contribution in [1.29, 1.82) is 5.41 Å². The van der Waals surface area contributed by atoms with E-state index in [1.54, 1.807) is 13.8 Å². The molecule has 0 spiro atoms. The Kier molecular flexibility index (Phi) is 4.61. The van der Waals surface area contributed by atoms with Gasteiger partial charge in [0, 0.05) is 5.75 Å². The standard InChI is InChI=1S/C7H15N3O2S/c1-7(2,5(11)12)3-13-4-10-6(8)9/h3-4H2,1-2H3,(H,11,12)(H4,8,9,10). The van der Waals surface area contributed by atoms with E-state index in [1.165, 1.54) is 11.8 Å². The molecule has 0 aromatic heterocycles. The van der Waals surface area contributed by atoms with Crippen molar-refractivity contribution in [3.8, 4) is 0 Å². The van der Waals surface area contributed by atoms with Crippen molar-refractivity contribution in [3.05, 3.63) is 0 Å². The molecular formula is C7H15N3O2S. The first kappa shape index (κ1) is 12.1. The highest BCUT2D eigenvalue weighted by Crippen LogP contribution is 2.20. The molecule has 0 saturated carbocycles. The van der Waals surface area contributed by atoms with Crippen LogP contribution in [0.15, 0.2) is 0 Å². The average Bonchev–Trinajstić information content (AvgIpc) is 1.97. The zero-order chi connectivity index (χ0) is 10.5. The van der Waals surface area contributed by atoms with Gasteiger partial charge in [-0.25, -0.2) is 0 Å². The van der Waals surface area contributed by atoms with E-state index in [2.05, 4.69) is 5.32 Å². The number of nitrogens with two attached hydrogens (primary N) is 1. The van der Waals surface area contributed by atoms with Gasteiger partial charge in [-0.15, -0.1) is 11.8 Å². The number of carbonyl (C=O) groups is 1. The summed E-state index contributed by atoms with van der Waals surface area (Å²) in [6.07, 6.45) is 0. The number of guanidine groups is 1. The molecule has 5 nitrogen and oxygen atoms in total. The first-order valence-corrected chi connectivity index (χ1v) is 4.91. The molecule has 6 heteroatoms. The lowest BCUT2D eigenvalue weighted by Gasteiger charge is -2.18. The van der Waals surface area contributed by atoms with E-state index in [9.17, 15) is 4.79 Å². The third-order valence-corrected chi connectivity index (χ3v) is 2.68. The first-order chi connectivity index (χ1) is 5.86. The van der Waals surface area contributed by atoms with Gasteiger partial charge in [-0.3, -0.25) is 10.2 Å². The fourth-order valence-electron chi connectivity index (χ4n) is 0.497. The van der Waals surface area contributed by atoms with Crippen molar-refractivity contribution >= 4 is 23.7 Å². The number of rotatable bonds is 5. The van der Waals surface area contributed by atoms with Gasteiger partial charge in [0.15, 0.2) is 5.96 Å². The predicted octanol–water partition coefficient (Wildman–Crippen LogP) is 0.271. The highest BCUT2D eigenvalue weighted by atomic mass is 32.2. The molecule has 0 amide bonds. The highest BCUT2D eigenvalue weighted by Gasteiger charge is 2.26. The molecule has 0 aromatic carbocycles. The minimum absolute atomic E-state index is 0.0966. The number of carboxylic acid groups (broad SMARTS) is 1. The van der Waals surface area contributed by atoms with Crippen LogP contribution in [0.3, 0.4) is 0 Å². The van der Waals surface area contributed by atoms with Crippen LogP contribution in [0, 0.1) is 10.8 Å². The maximum absolute atomic E-state index is 10.6. The van der Waals surface area contributed by atoms with Crippen LogP contribution in [-0.2, 0) is 4.79 Å². The summed E-state index contributed by atoms with van der Waals surface area (Å²) in [6.45, 7) is 3.33. The van der Waals surface area contributed by atoms with E-state index in [0.717, 1.165) is 0 Å². The van der Waals surface area contributed by atoms with Crippen LogP contribution in [0.4, 0.5) is 0 Å². The average molecular weight is 205 g/mol. The van der Waals surface area contributed by atoms with Crippen molar-refractivity contribution in [2.75, 3.05) is 11.6 Å². The van der Waals surface area contributed by atoms with Gasteiger partial charge >= 0.3 is 5.97 Å². The van der Waals surface area contributed by atoms with Crippen LogP contribution >= 0.6 is 11.8 Å². The van der Waals surface area contributed by atoms with Crippen molar-refractivity contribution in [1.82, 2.24) is 5.32 Å². The van der Waals surface area contributed by atoms with Crippen LogP contribution in [0.2, 0.25) is 0 Å². The smallest absolute Gasteiger partial charge is 0.309 e. The first-order valence-electron chi connectivity index (χ1n) is 3.75. The van der Waals surface area contributed by atoms with Gasteiger partial charge in [-0.05, 0) is 13.8 Å². The second-order valence-corrected chi connectivity index (χ2v) is 4.26. The van der Waals surface area contributed by atoms with E-state index >= 15 is 0 Å². The number of hydrogen-bond donors (Lipinski definition) is 4. The van der Waals surface area contributed by atoms with Gasteiger partial charge in [0.05, 0.1) is 11.3 Å². The Hall–Kier alpha value is -0.910. The second kappa shape index (κ2) is 4.96. The summed E-state index contributed by atoms with van der Waals surface area (Å²) < 4.78 is 0. The Balaban J connectivity index is 3.64. The lowest BCUT2D eigenvalue weighted by atomic mass is 9.97. The third kappa shape index (κ3) is 5.35. The molecule has 76 valence electrons. The lowest BCUT2D eigenvalue weighted by molar-refractivity contribution is -0.145. The molecule has 0 radical (unpaired) electrons. The zero-order valence-electron chi connectivity index (χ0n) is 7.76. The molecule has 5 N–H and O–H groups in total. The minimum atomic E-state index is -0.817. The molecule has 0 fully saturated rings. The van der Waals surface area contributed by atoms with Crippen molar-refractivity contribution in [3.63, 3.8) is 0 Å². The minimum Gasteiger partial charge on any atom is -0.481 e. The van der Waals surface area contributed by atoms with Crippen molar-refractivity contribution in [2.45, 2.75) is 13.8 Å². The second-order valence-electron chi connectivity index (χ2n) is 3.27. The van der Waals surface area contributed by atoms with E-state index in [4.69, 9.17) is 16.2 Å². The predicted molar refractivity (Wildman–Crippen MR) is 53.8 cm³/mol. The van der Waals surface area contributed by atoms with E-state index in [1.807, 2.05) is 0 Å². The fourth-order valence-corrected chi connectivity index (χ4v) is 1.49. The quantitative estimate of drug-likeness (QED) is 0.223. The Morgan fingerprint density at radius 1 is 1.69 bits per heavy atom. The SMILES string of the molecule is CC(C)(CSCNC(=N)N)C(=O)O. The number of nitrogens with one attached hydrogen (secondary N) is 2. The number of hydrogen-bond acceptors (Lipinski definition) is 3. The molecule has 0 aliphatic carbocycles. The Bertz CT molecular complexity index is 206. The molecule has 13 heavy (non-hydrogen) atoms. The summed E-state index contributed by atoms with van der Waals surface area (Å²) in [5, 5.41) is 18.2. The van der Waals surface area contributed by atoms with Gasteiger partial charge < -0.3 is 16.2 Å². The van der Waals surface area contributed by atoms with Crippen molar-refractivity contribution < 1.29 is 9.90 Å². The topological polar surface area (TPSA) is 99.2 Å². The molecule has 0 saturated heterocycles. The van der Waals surface area contributed by atoms with Gasteiger partial charge in [0.2, 0.25) is 0 Å². The molecule has 0 bridgehead atoms. The van der Waals surface area contributed by atoms with E-state index in [0.29, 0.717) is 11.6 Å². The molecule has 0 rings (SSSR count). The fraction of sp³-hybridized carbons (Fsp3) is 0.714. The normalized spacial score (nSPS) is 10.9. The van der Waals surface area contributed by atoms with Crippen LogP contribution in [-0.4, -0.2) is 28.7 Å². The van der Waals surface area contributed by atoms with Crippen LogP contribution < -0.4 is 11.1 Å². The van der Waals surface area contributed by atoms with Crippen LogP contribution in [0.5, 0.6) is 0 Å². The molecule has 0 unspecified atom stereocenters. The Morgan fingerprint density at radius 3 is 2.62 bits per heavy atom. The molecule has 0 atom stereocenters. The molecule has 0 aliphatic rings. The maximum Gasteiger partial charge on any atom is 0.309 e. The summed E-state index contributed by atoms with van der Waals surface area (Å²) in [5.74, 6) is 0.0396. The number of thioether (sulfide) groups is 1. The van der Waals surface area contributed by atoms with Crippen molar-refractivity contribution in [2.24, 2.45) is 11.1 Å². The summed E-state index contributed by atoms with van der Waals surface area (Å²) in [6, 6.07) is 0. The summed E-state index contributed by atoms with van der Waals surface area (Å²) in [4.78, 5) is 10.6. The number of aliphatic carboxylic acids is 1. The highest BCUT2D eigenvalue weighted by molar-refractivity contribution is 7.99. The molecule has 0 heterocycles. The summed E-state index contributed by atoms with van der Waals surface area (Å²) in [7, 11) is 0. The van der Waals surface area contributed by atoms with E-state index < -0.39 is 11.4 Å². The summed E-state index contributed by atoms with van der Waals surface area (Å²) in [5.41, 5.74) is 4.31. The Labute approximate surface area is 81.6 Å². The number of carboxylic acids is 1. The van der Waals surface area contributed by atoms with Gasteiger partial charge in [-0.1, -0.05) is 0 Å². The van der Waals surface area contributed by atoms with Crippen LogP contribution in [0.1, 0.15) is 13.8 Å². The largest absolute Gasteiger partial charge is 0.481 e.